The molecule has 2 aliphatic heterocycles. The number of carbonyl (C=O) groups excluding carboxylic acids is 1. The van der Waals surface area contributed by atoms with Gasteiger partial charge in [0.05, 0.1) is 23.3 Å². The molecule has 1 atom stereocenters. The summed E-state index contributed by atoms with van der Waals surface area (Å²) in [6, 6.07) is 0. The highest BCUT2D eigenvalue weighted by Gasteiger charge is 2.44. The van der Waals surface area contributed by atoms with E-state index in [0.29, 0.717) is 12.3 Å². The minimum atomic E-state index is -0.0704. The lowest BCUT2D eigenvalue weighted by atomic mass is 9.86. The summed E-state index contributed by atoms with van der Waals surface area (Å²) in [7, 11) is 0. The van der Waals surface area contributed by atoms with E-state index < -0.39 is 0 Å². The van der Waals surface area contributed by atoms with Crippen LogP contribution in [0.15, 0.2) is 5.38 Å². The van der Waals surface area contributed by atoms with Crippen molar-refractivity contribution in [3.63, 3.8) is 0 Å². The first-order valence-electron chi connectivity index (χ1n) is 9.10. The number of ether oxygens (including phenoxy) is 2. The Balaban J connectivity index is 1.27. The minimum Gasteiger partial charge on any atom is -0.375 e. The molecule has 2 saturated heterocycles. The molecule has 1 spiro atoms. The van der Waals surface area contributed by atoms with Gasteiger partial charge in [0.25, 0.3) is 5.91 Å². The van der Waals surface area contributed by atoms with Crippen molar-refractivity contribution in [2.24, 2.45) is 5.92 Å². The summed E-state index contributed by atoms with van der Waals surface area (Å²) in [4.78, 5) is 18.7. The highest BCUT2D eigenvalue weighted by molar-refractivity contribution is 7.09. The molecule has 1 saturated carbocycles. The molecule has 5 nitrogen and oxygen atoms in total. The summed E-state index contributed by atoms with van der Waals surface area (Å²) >= 11 is 1.53. The molecule has 0 N–H and O–H groups in total. The molecule has 3 heterocycles. The van der Waals surface area contributed by atoms with Gasteiger partial charge in [-0.05, 0) is 38.5 Å². The molecule has 6 heteroatoms. The predicted octanol–water partition coefficient (Wildman–Crippen LogP) is 3.03. The van der Waals surface area contributed by atoms with Crippen molar-refractivity contribution in [1.82, 2.24) is 9.88 Å². The number of likely N-dealkylation sites (tertiary alicyclic amines) is 1. The average molecular weight is 350 g/mol. The molecule has 0 radical (unpaired) electrons. The molecule has 0 aromatic carbocycles. The first kappa shape index (κ1) is 16.5. The van der Waals surface area contributed by atoms with Crippen LogP contribution in [0, 0.1) is 12.8 Å². The molecule has 4 rings (SSSR count). The zero-order valence-electron chi connectivity index (χ0n) is 14.3. The van der Waals surface area contributed by atoms with Gasteiger partial charge in [-0.25, -0.2) is 4.98 Å². The molecular weight excluding hydrogens is 324 g/mol. The summed E-state index contributed by atoms with van der Waals surface area (Å²) < 4.78 is 12.2. The minimum absolute atomic E-state index is 0.0602. The molecule has 1 amide bonds. The summed E-state index contributed by atoms with van der Waals surface area (Å²) in [5.74, 6) is 0.840. The number of aryl methyl sites for hydroxylation is 1. The van der Waals surface area contributed by atoms with Gasteiger partial charge < -0.3 is 14.4 Å². The lowest BCUT2D eigenvalue weighted by Gasteiger charge is -2.38. The van der Waals surface area contributed by atoms with E-state index in [4.69, 9.17) is 9.47 Å². The highest BCUT2D eigenvalue weighted by atomic mass is 32.1. The van der Waals surface area contributed by atoms with Crippen molar-refractivity contribution >= 4 is 17.2 Å². The van der Waals surface area contributed by atoms with E-state index in [1.165, 1.54) is 30.6 Å². The van der Waals surface area contributed by atoms with Crippen LogP contribution in [-0.2, 0) is 9.47 Å². The third-order valence-corrected chi connectivity index (χ3v) is 6.54. The van der Waals surface area contributed by atoms with Crippen molar-refractivity contribution in [1.29, 1.82) is 0 Å². The maximum Gasteiger partial charge on any atom is 0.273 e. The molecule has 3 fully saturated rings. The number of thiazole rings is 1. The third-order valence-electron chi connectivity index (χ3n) is 5.77. The smallest absolute Gasteiger partial charge is 0.273 e. The van der Waals surface area contributed by atoms with E-state index in [1.54, 1.807) is 0 Å². The summed E-state index contributed by atoms with van der Waals surface area (Å²) in [6.45, 7) is 5.06. The first-order chi connectivity index (χ1) is 11.6. The van der Waals surface area contributed by atoms with Crippen LogP contribution < -0.4 is 0 Å². The van der Waals surface area contributed by atoms with Crippen LogP contribution in [0.4, 0.5) is 0 Å². The second-order valence-corrected chi connectivity index (χ2v) is 8.56. The van der Waals surface area contributed by atoms with Crippen LogP contribution in [0.3, 0.4) is 0 Å². The van der Waals surface area contributed by atoms with Gasteiger partial charge in [0.1, 0.15) is 5.69 Å². The van der Waals surface area contributed by atoms with Crippen molar-refractivity contribution in [3.8, 4) is 0 Å². The zero-order valence-corrected chi connectivity index (χ0v) is 15.1. The molecule has 1 aromatic rings. The fraction of sp³-hybridized carbons (Fsp3) is 0.778. The number of piperidine rings is 1. The van der Waals surface area contributed by atoms with Crippen LogP contribution in [0.25, 0.3) is 0 Å². The second kappa shape index (κ2) is 6.73. The fourth-order valence-corrected chi connectivity index (χ4v) is 4.52. The van der Waals surface area contributed by atoms with E-state index in [1.807, 2.05) is 17.2 Å². The monoisotopic (exact) mass is 350 g/mol. The molecule has 1 aromatic heterocycles. The number of hydrogen-bond donors (Lipinski definition) is 0. The summed E-state index contributed by atoms with van der Waals surface area (Å²) in [5.41, 5.74) is 0.515. The molecule has 3 aliphatic rings. The fourth-order valence-electron chi connectivity index (χ4n) is 3.93. The number of rotatable bonds is 4. The second-order valence-electron chi connectivity index (χ2n) is 7.49. The number of amides is 1. The molecule has 1 aliphatic carbocycles. The van der Waals surface area contributed by atoms with Gasteiger partial charge >= 0.3 is 0 Å². The Labute approximate surface area is 147 Å². The first-order valence-corrected chi connectivity index (χ1v) is 9.98. The summed E-state index contributed by atoms with van der Waals surface area (Å²) in [5, 5.41) is 2.80. The van der Waals surface area contributed by atoms with Crippen molar-refractivity contribution in [2.45, 2.75) is 57.2 Å². The predicted molar refractivity (Wildman–Crippen MR) is 92.4 cm³/mol. The van der Waals surface area contributed by atoms with Gasteiger partial charge in [0.2, 0.25) is 0 Å². The summed E-state index contributed by atoms with van der Waals surface area (Å²) in [6.07, 6.45) is 7.06. The Bertz CT molecular complexity index is 591. The van der Waals surface area contributed by atoms with E-state index in [9.17, 15) is 4.79 Å². The lowest BCUT2D eigenvalue weighted by Crippen LogP contribution is -2.46. The van der Waals surface area contributed by atoms with Crippen molar-refractivity contribution in [3.05, 3.63) is 16.1 Å². The zero-order chi connectivity index (χ0) is 16.6. The van der Waals surface area contributed by atoms with Gasteiger partial charge in [0, 0.05) is 31.5 Å². The van der Waals surface area contributed by atoms with Crippen molar-refractivity contribution in [2.75, 3.05) is 26.3 Å². The van der Waals surface area contributed by atoms with Crippen LogP contribution in [0.5, 0.6) is 0 Å². The van der Waals surface area contributed by atoms with Crippen LogP contribution in [-0.4, -0.2) is 53.8 Å². The van der Waals surface area contributed by atoms with Gasteiger partial charge in [-0.1, -0.05) is 6.42 Å². The van der Waals surface area contributed by atoms with E-state index >= 15 is 0 Å². The number of nitrogens with zero attached hydrogens (tertiary/aromatic N) is 2. The standard InChI is InChI=1S/C18H26N2O3S/c1-13-19-16(12-24-13)17(21)20-7-5-18(6-8-20)9-15(11-23-18)22-10-14-3-2-4-14/h12,14-15H,2-11H2,1H3. The van der Waals surface area contributed by atoms with E-state index in [-0.39, 0.29) is 17.6 Å². The Morgan fingerprint density at radius 3 is 2.88 bits per heavy atom. The average Bonchev–Trinajstić information content (AvgIpc) is 3.13. The van der Waals surface area contributed by atoms with Crippen LogP contribution in [0.1, 0.15) is 54.0 Å². The van der Waals surface area contributed by atoms with Crippen LogP contribution >= 0.6 is 11.3 Å². The topological polar surface area (TPSA) is 51.7 Å². The number of aromatic nitrogens is 1. The van der Waals surface area contributed by atoms with E-state index in [2.05, 4.69) is 4.98 Å². The highest BCUT2D eigenvalue weighted by Crippen LogP contribution is 2.38. The Hall–Kier alpha value is -0.980. The van der Waals surface area contributed by atoms with Crippen molar-refractivity contribution < 1.29 is 14.3 Å². The number of carbonyl (C=O) groups is 1. The normalized spacial score (nSPS) is 26.7. The molecule has 0 bridgehead atoms. The SMILES string of the molecule is Cc1nc(C(=O)N2CCC3(CC2)CC(OCC2CCC2)CO3)cs1. The Morgan fingerprint density at radius 1 is 1.46 bits per heavy atom. The third kappa shape index (κ3) is 3.37. The van der Waals surface area contributed by atoms with Crippen LogP contribution in [0.2, 0.25) is 0 Å². The van der Waals surface area contributed by atoms with Gasteiger partial charge in [0.15, 0.2) is 0 Å². The quantitative estimate of drug-likeness (QED) is 0.837. The Kier molecular flexibility index (Phi) is 4.62. The molecule has 24 heavy (non-hydrogen) atoms. The number of hydrogen-bond acceptors (Lipinski definition) is 5. The lowest BCUT2D eigenvalue weighted by molar-refractivity contribution is -0.0421. The molecule has 1 unspecified atom stereocenters. The Morgan fingerprint density at radius 2 is 2.25 bits per heavy atom. The largest absolute Gasteiger partial charge is 0.375 e. The van der Waals surface area contributed by atoms with Gasteiger partial charge in [-0.15, -0.1) is 11.3 Å². The van der Waals surface area contributed by atoms with Gasteiger partial charge in [-0.2, -0.15) is 0 Å². The molecular formula is C18H26N2O3S. The van der Waals surface area contributed by atoms with Gasteiger partial charge in [-0.3, -0.25) is 4.79 Å². The molecule has 132 valence electrons. The van der Waals surface area contributed by atoms with E-state index in [0.717, 1.165) is 49.9 Å². The maximum atomic E-state index is 12.5. The maximum absolute atomic E-state index is 12.5.